The molecule has 0 spiro atoms. The zero-order valence-corrected chi connectivity index (χ0v) is 10.1. The van der Waals surface area contributed by atoms with Crippen LogP contribution in [0.25, 0.3) is 0 Å². The lowest BCUT2D eigenvalue weighted by Crippen LogP contribution is -2.40. The van der Waals surface area contributed by atoms with E-state index in [0.717, 1.165) is 24.9 Å². The lowest BCUT2D eigenvalue weighted by molar-refractivity contribution is 0.123. The van der Waals surface area contributed by atoms with Gasteiger partial charge in [-0.3, -0.25) is 4.90 Å². The first-order valence-corrected chi connectivity index (χ1v) is 6.31. The Morgan fingerprint density at radius 1 is 1.50 bits per heavy atom. The van der Waals surface area contributed by atoms with E-state index < -0.39 is 0 Å². The van der Waals surface area contributed by atoms with Gasteiger partial charge in [0, 0.05) is 6.04 Å². The molecule has 16 heavy (non-hydrogen) atoms. The molecule has 3 nitrogen and oxygen atoms in total. The Bertz CT molecular complexity index is 284. The molecule has 2 heterocycles. The molecule has 1 unspecified atom stereocenters. The summed E-state index contributed by atoms with van der Waals surface area (Å²) >= 11 is 0. The summed E-state index contributed by atoms with van der Waals surface area (Å²) in [4.78, 5) is 2.57. The molecule has 0 saturated carbocycles. The van der Waals surface area contributed by atoms with Crippen LogP contribution in [-0.4, -0.2) is 31.1 Å². The predicted octanol–water partition coefficient (Wildman–Crippen LogP) is 2.24. The smallest absolute Gasteiger partial charge is 0.117 e. The van der Waals surface area contributed by atoms with Gasteiger partial charge in [0.05, 0.1) is 12.8 Å². The quantitative estimate of drug-likeness (QED) is 0.828. The van der Waals surface area contributed by atoms with Crippen LogP contribution in [0.4, 0.5) is 0 Å². The number of rotatable bonds is 5. The van der Waals surface area contributed by atoms with Crippen LogP contribution in [0, 0.1) is 0 Å². The summed E-state index contributed by atoms with van der Waals surface area (Å²) in [5, 5.41) is 3.24. The fourth-order valence-corrected chi connectivity index (χ4v) is 2.51. The zero-order valence-electron chi connectivity index (χ0n) is 10.1. The molecular weight excluding hydrogens is 200 g/mol. The maximum Gasteiger partial charge on any atom is 0.117 e. The summed E-state index contributed by atoms with van der Waals surface area (Å²) in [5.74, 6) is 1.09. The molecule has 0 radical (unpaired) electrons. The minimum Gasteiger partial charge on any atom is -0.468 e. The monoisotopic (exact) mass is 222 g/mol. The van der Waals surface area contributed by atoms with Crippen LogP contribution >= 0.6 is 0 Å². The van der Waals surface area contributed by atoms with Gasteiger partial charge in [0.2, 0.25) is 0 Å². The van der Waals surface area contributed by atoms with Crippen molar-refractivity contribution in [3.8, 4) is 0 Å². The fraction of sp³-hybridized carbons (Fsp3) is 0.692. The van der Waals surface area contributed by atoms with Crippen molar-refractivity contribution >= 4 is 0 Å². The van der Waals surface area contributed by atoms with Crippen molar-refractivity contribution in [2.24, 2.45) is 0 Å². The second kappa shape index (κ2) is 6.06. The van der Waals surface area contributed by atoms with Gasteiger partial charge in [-0.05, 0) is 51.5 Å². The van der Waals surface area contributed by atoms with Crippen molar-refractivity contribution in [1.82, 2.24) is 10.2 Å². The van der Waals surface area contributed by atoms with Gasteiger partial charge in [-0.1, -0.05) is 6.42 Å². The van der Waals surface area contributed by atoms with E-state index in [1.165, 1.54) is 32.2 Å². The largest absolute Gasteiger partial charge is 0.468 e. The van der Waals surface area contributed by atoms with Gasteiger partial charge in [-0.25, -0.2) is 0 Å². The highest BCUT2D eigenvalue weighted by Gasteiger charge is 2.22. The highest BCUT2D eigenvalue weighted by atomic mass is 16.3. The number of nitrogens with one attached hydrogen (secondary N) is 1. The third kappa shape index (κ3) is 3.09. The summed E-state index contributed by atoms with van der Waals surface area (Å²) in [6.45, 7) is 3.30. The lowest BCUT2D eigenvalue weighted by Gasteiger charge is -2.35. The first-order chi connectivity index (χ1) is 7.90. The first-order valence-electron chi connectivity index (χ1n) is 6.31. The number of hydrogen-bond donors (Lipinski definition) is 1. The van der Waals surface area contributed by atoms with E-state index in [-0.39, 0.29) is 0 Å². The maximum absolute atomic E-state index is 5.43. The van der Waals surface area contributed by atoms with E-state index in [1.807, 2.05) is 13.1 Å². The van der Waals surface area contributed by atoms with E-state index in [1.54, 1.807) is 6.26 Å². The standard InChI is InChI=1S/C13H22N2O/c1-14-8-7-12-5-2-3-9-15(12)11-13-6-4-10-16-13/h4,6,10,12,14H,2-3,5,7-9,11H2,1H3. The van der Waals surface area contributed by atoms with Crippen molar-refractivity contribution in [1.29, 1.82) is 0 Å². The van der Waals surface area contributed by atoms with E-state index in [0.29, 0.717) is 0 Å². The van der Waals surface area contributed by atoms with E-state index >= 15 is 0 Å². The van der Waals surface area contributed by atoms with Crippen LogP contribution in [0.3, 0.4) is 0 Å². The van der Waals surface area contributed by atoms with Crippen LogP contribution in [-0.2, 0) is 6.54 Å². The molecule has 3 heteroatoms. The fourth-order valence-electron chi connectivity index (χ4n) is 2.51. The molecule has 1 atom stereocenters. The minimum atomic E-state index is 0.728. The predicted molar refractivity (Wildman–Crippen MR) is 65.3 cm³/mol. The Labute approximate surface area is 97.8 Å². The van der Waals surface area contributed by atoms with Gasteiger partial charge in [-0.2, -0.15) is 0 Å². The molecule has 1 aromatic heterocycles. The normalized spacial score (nSPS) is 22.4. The second-order valence-corrected chi connectivity index (χ2v) is 4.59. The van der Waals surface area contributed by atoms with Crippen molar-refractivity contribution in [2.75, 3.05) is 20.1 Å². The maximum atomic E-state index is 5.43. The summed E-state index contributed by atoms with van der Waals surface area (Å²) in [5.41, 5.74) is 0. The third-order valence-electron chi connectivity index (χ3n) is 3.42. The van der Waals surface area contributed by atoms with Crippen LogP contribution in [0.15, 0.2) is 22.8 Å². The van der Waals surface area contributed by atoms with E-state index in [9.17, 15) is 0 Å². The molecule has 0 aliphatic carbocycles. The second-order valence-electron chi connectivity index (χ2n) is 4.59. The molecule has 1 aliphatic heterocycles. The van der Waals surface area contributed by atoms with Gasteiger partial charge in [0.1, 0.15) is 5.76 Å². The average Bonchev–Trinajstić information content (AvgIpc) is 2.81. The van der Waals surface area contributed by atoms with Crippen LogP contribution in [0.1, 0.15) is 31.4 Å². The summed E-state index contributed by atoms with van der Waals surface area (Å²) in [6.07, 6.45) is 7.06. The molecule has 1 aromatic rings. The first kappa shape index (κ1) is 11.7. The van der Waals surface area contributed by atoms with Gasteiger partial charge >= 0.3 is 0 Å². The van der Waals surface area contributed by atoms with Crippen LogP contribution < -0.4 is 5.32 Å². The summed E-state index contributed by atoms with van der Waals surface area (Å²) in [6, 6.07) is 4.78. The Hall–Kier alpha value is -0.800. The highest BCUT2D eigenvalue weighted by molar-refractivity contribution is 4.98. The highest BCUT2D eigenvalue weighted by Crippen LogP contribution is 2.21. The minimum absolute atomic E-state index is 0.728. The van der Waals surface area contributed by atoms with Gasteiger partial charge < -0.3 is 9.73 Å². The Morgan fingerprint density at radius 2 is 2.44 bits per heavy atom. The topological polar surface area (TPSA) is 28.4 Å². The Kier molecular flexibility index (Phi) is 4.43. The van der Waals surface area contributed by atoms with Crippen LogP contribution in [0.2, 0.25) is 0 Å². The van der Waals surface area contributed by atoms with Gasteiger partial charge in [0.25, 0.3) is 0 Å². The molecular formula is C13H22N2O. The van der Waals surface area contributed by atoms with Crippen molar-refractivity contribution in [3.63, 3.8) is 0 Å². The number of nitrogens with zero attached hydrogens (tertiary/aromatic N) is 1. The van der Waals surface area contributed by atoms with Crippen molar-refractivity contribution in [2.45, 2.75) is 38.3 Å². The SMILES string of the molecule is CNCCC1CCCCN1Cc1ccco1. The van der Waals surface area contributed by atoms with E-state index in [4.69, 9.17) is 4.42 Å². The van der Waals surface area contributed by atoms with E-state index in [2.05, 4.69) is 16.3 Å². The van der Waals surface area contributed by atoms with Gasteiger partial charge in [-0.15, -0.1) is 0 Å². The molecule has 0 aromatic carbocycles. The average molecular weight is 222 g/mol. The number of furan rings is 1. The molecule has 1 aliphatic rings. The number of hydrogen-bond acceptors (Lipinski definition) is 3. The van der Waals surface area contributed by atoms with Crippen LogP contribution in [0.5, 0.6) is 0 Å². The molecule has 90 valence electrons. The van der Waals surface area contributed by atoms with Gasteiger partial charge in [0.15, 0.2) is 0 Å². The number of likely N-dealkylation sites (tertiary alicyclic amines) is 1. The van der Waals surface area contributed by atoms with Crippen molar-refractivity contribution in [3.05, 3.63) is 24.2 Å². The molecule has 1 saturated heterocycles. The Morgan fingerprint density at radius 3 is 3.19 bits per heavy atom. The molecule has 2 rings (SSSR count). The summed E-state index contributed by atoms with van der Waals surface area (Å²) < 4.78 is 5.43. The number of piperidine rings is 1. The molecule has 0 bridgehead atoms. The lowest BCUT2D eigenvalue weighted by atomic mass is 9.99. The third-order valence-corrected chi connectivity index (χ3v) is 3.42. The molecule has 1 N–H and O–H groups in total. The molecule has 1 fully saturated rings. The summed E-state index contributed by atoms with van der Waals surface area (Å²) in [7, 11) is 2.03. The zero-order chi connectivity index (χ0) is 11.2. The van der Waals surface area contributed by atoms with Crippen molar-refractivity contribution < 1.29 is 4.42 Å². The Balaban J connectivity index is 1.88. The molecule has 0 amide bonds.